The monoisotopic (exact) mass is 911 g/mol. The Hall–Kier alpha value is -2.71. The van der Waals surface area contributed by atoms with Crippen molar-refractivity contribution in [1.29, 1.82) is 0 Å². The molecule has 1 fully saturated rings. The van der Waals surface area contributed by atoms with Crippen molar-refractivity contribution in [3.63, 3.8) is 0 Å². The number of allylic oxidation sites excluding steroid dienone is 12. The molecule has 8 atom stereocenters. The van der Waals surface area contributed by atoms with Crippen molar-refractivity contribution in [2.45, 2.75) is 211 Å². The number of carbonyl (C=O) groups excluding carboxylic acids is 2. The molecule has 1 aliphatic rings. The van der Waals surface area contributed by atoms with Crippen LogP contribution in [0.4, 0.5) is 0 Å². The van der Waals surface area contributed by atoms with Crippen LogP contribution < -0.4 is 0 Å². The van der Waals surface area contributed by atoms with Crippen LogP contribution in [0.2, 0.25) is 0 Å². The summed E-state index contributed by atoms with van der Waals surface area (Å²) in [6.45, 7) is 3.20. The van der Waals surface area contributed by atoms with Gasteiger partial charge in [0, 0.05) is 12.8 Å². The summed E-state index contributed by atoms with van der Waals surface area (Å²) in [5.74, 6) is -1.16. The number of hydrogen-bond acceptors (Lipinski definition) is 12. The Morgan fingerprint density at radius 1 is 0.492 bits per heavy atom. The van der Waals surface area contributed by atoms with Gasteiger partial charge >= 0.3 is 19.8 Å². The lowest BCUT2D eigenvalue weighted by Gasteiger charge is -2.41. The van der Waals surface area contributed by atoms with Crippen LogP contribution in [0.1, 0.15) is 168 Å². The molecule has 0 spiro atoms. The maximum Gasteiger partial charge on any atom is 0.472 e. The third kappa shape index (κ3) is 31.0. The number of unbranched alkanes of at least 4 members (excludes halogenated alkanes) is 14. The normalized spacial score (nSPS) is 22.3. The molecule has 0 saturated heterocycles. The summed E-state index contributed by atoms with van der Waals surface area (Å²) in [6, 6.07) is 0. The molecule has 362 valence electrons. The molecule has 1 saturated carbocycles. The Bertz CT molecular complexity index is 1380. The Labute approximate surface area is 378 Å². The number of ether oxygens (including phenoxy) is 2. The highest BCUT2D eigenvalue weighted by Crippen LogP contribution is 2.47. The molecular formula is C49H83O13P. The highest BCUT2D eigenvalue weighted by Gasteiger charge is 2.51. The molecule has 0 aliphatic heterocycles. The number of hydrogen-bond donors (Lipinski definition) is 6. The van der Waals surface area contributed by atoms with Crippen LogP contribution in [-0.4, -0.2) is 98.3 Å². The first kappa shape index (κ1) is 58.3. The minimum atomic E-state index is -5.14. The number of phosphoric ester groups is 1. The van der Waals surface area contributed by atoms with Gasteiger partial charge in [-0.25, -0.2) is 4.57 Å². The summed E-state index contributed by atoms with van der Waals surface area (Å²) in [5, 5.41) is 50.2. The minimum absolute atomic E-state index is 0.0622. The van der Waals surface area contributed by atoms with Gasteiger partial charge in [-0.1, -0.05) is 138 Å². The van der Waals surface area contributed by atoms with Gasteiger partial charge in [-0.3, -0.25) is 18.6 Å². The fourth-order valence-electron chi connectivity index (χ4n) is 6.65. The van der Waals surface area contributed by atoms with E-state index in [1.807, 2.05) is 0 Å². The summed E-state index contributed by atoms with van der Waals surface area (Å²) in [6.07, 6.45) is 35.2. The molecule has 0 radical (unpaired) electrons. The number of carbonyl (C=O) groups is 2. The van der Waals surface area contributed by atoms with Crippen LogP contribution in [0.25, 0.3) is 0 Å². The summed E-state index contributed by atoms with van der Waals surface area (Å²) >= 11 is 0. The second-order valence-electron chi connectivity index (χ2n) is 16.3. The van der Waals surface area contributed by atoms with Crippen LogP contribution in [0.5, 0.6) is 0 Å². The molecule has 6 N–H and O–H groups in total. The lowest BCUT2D eigenvalue weighted by atomic mass is 9.85. The quantitative estimate of drug-likeness (QED) is 0.0148. The van der Waals surface area contributed by atoms with E-state index in [0.29, 0.717) is 12.8 Å². The molecule has 0 bridgehead atoms. The predicted molar refractivity (Wildman–Crippen MR) is 249 cm³/mol. The van der Waals surface area contributed by atoms with Gasteiger partial charge in [0.1, 0.15) is 43.2 Å². The largest absolute Gasteiger partial charge is 0.472 e. The van der Waals surface area contributed by atoms with Crippen molar-refractivity contribution >= 4 is 19.8 Å². The topological polar surface area (TPSA) is 210 Å². The molecule has 0 aromatic heterocycles. The first-order chi connectivity index (χ1) is 30.4. The summed E-state index contributed by atoms with van der Waals surface area (Å²) < 4.78 is 33.5. The van der Waals surface area contributed by atoms with Gasteiger partial charge in [-0.05, 0) is 89.9 Å². The van der Waals surface area contributed by atoms with Gasteiger partial charge in [0.2, 0.25) is 0 Å². The van der Waals surface area contributed by atoms with E-state index in [1.54, 1.807) is 0 Å². The van der Waals surface area contributed by atoms with Crippen LogP contribution in [0, 0.1) is 0 Å². The fraction of sp³-hybridized carbons (Fsp3) is 0.714. The number of aliphatic hydroxyl groups is 5. The Morgan fingerprint density at radius 2 is 0.857 bits per heavy atom. The van der Waals surface area contributed by atoms with Gasteiger partial charge in [-0.15, -0.1) is 0 Å². The van der Waals surface area contributed by atoms with Gasteiger partial charge < -0.3 is 39.9 Å². The first-order valence-electron chi connectivity index (χ1n) is 23.7. The van der Waals surface area contributed by atoms with Gasteiger partial charge in [0.05, 0.1) is 6.61 Å². The first-order valence-corrected chi connectivity index (χ1v) is 25.2. The van der Waals surface area contributed by atoms with Crippen LogP contribution in [-0.2, 0) is 32.7 Å². The van der Waals surface area contributed by atoms with Crippen molar-refractivity contribution in [2.75, 3.05) is 13.2 Å². The standard InChI is InChI=1S/C49H83O13P/c1-3-5-7-9-11-13-15-17-19-21-23-25-27-29-31-33-35-37-42(50)59-39-41(40-60-63(57,58)62-49-47(55)45(53)44(52)46(54)48(49)56)61-43(51)38-36-34-32-30-28-26-24-22-20-18-16-14-12-10-8-6-4-2/h11-14,17-20,23-26,41,44-49,52-56H,3-10,15-16,21-22,27-40H2,1-2H3,(H,57,58)/b13-11-,14-12-,19-17-,20-18-,25-23-,26-24-/t41-,44?,45-,46?,47?,48?,49?/m1/s1. The van der Waals surface area contributed by atoms with E-state index >= 15 is 0 Å². The van der Waals surface area contributed by atoms with Gasteiger partial charge in [-0.2, -0.15) is 0 Å². The molecule has 13 nitrogen and oxygen atoms in total. The Kier molecular flexibility index (Phi) is 35.7. The average molecular weight is 911 g/mol. The van der Waals surface area contributed by atoms with Crippen LogP contribution in [0.3, 0.4) is 0 Å². The smallest absolute Gasteiger partial charge is 0.462 e. The van der Waals surface area contributed by atoms with Gasteiger partial charge in [0.15, 0.2) is 6.10 Å². The van der Waals surface area contributed by atoms with E-state index in [-0.39, 0.29) is 12.8 Å². The van der Waals surface area contributed by atoms with E-state index in [9.17, 15) is 44.6 Å². The van der Waals surface area contributed by atoms with Crippen LogP contribution in [0.15, 0.2) is 72.9 Å². The molecular weight excluding hydrogens is 827 g/mol. The van der Waals surface area contributed by atoms with E-state index < -0.39 is 75.7 Å². The summed E-state index contributed by atoms with van der Waals surface area (Å²) in [7, 11) is -5.14. The van der Waals surface area contributed by atoms with E-state index in [1.165, 1.54) is 38.5 Å². The third-order valence-electron chi connectivity index (χ3n) is 10.5. The molecule has 0 heterocycles. The van der Waals surface area contributed by atoms with Crippen molar-refractivity contribution in [1.82, 2.24) is 0 Å². The number of phosphoric acid groups is 1. The number of rotatable bonds is 38. The molecule has 6 unspecified atom stereocenters. The second-order valence-corrected chi connectivity index (χ2v) is 17.7. The van der Waals surface area contributed by atoms with Crippen LogP contribution >= 0.6 is 7.82 Å². The number of aliphatic hydroxyl groups excluding tert-OH is 5. The highest BCUT2D eigenvalue weighted by atomic mass is 31.2. The maximum atomic E-state index is 12.8. The van der Waals surface area contributed by atoms with Crippen molar-refractivity contribution in [3.05, 3.63) is 72.9 Å². The average Bonchev–Trinajstić information content (AvgIpc) is 3.26. The van der Waals surface area contributed by atoms with Crippen molar-refractivity contribution < 1.29 is 63.1 Å². The zero-order valence-electron chi connectivity index (χ0n) is 38.3. The Morgan fingerprint density at radius 3 is 1.29 bits per heavy atom. The van der Waals surface area contributed by atoms with Crippen molar-refractivity contribution in [3.8, 4) is 0 Å². The molecule has 0 aromatic rings. The lowest BCUT2D eigenvalue weighted by molar-refractivity contribution is -0.220. The predicted octanol–water partition coefficient (Wildman–Crippen LogP) is 9.50. The summed E-state index contributed by atoms with van der Waals surface area (Å²) in [4.78, 5) is 35.7. The van der Waals surface area contributed by atoms with Crippen molar-refractivity contribution in [2.24, 2.45) is 0 Å². The molecule has 63 heavy (non-hydrogen) atoms. The minimum Gasteiger partial charge on any atom is -0.462 e. The second kappa shape index (κ2) is 38.5. The van der Waals surface area contributed by atoms with E-state index in [0.717, 1.165) is 89.9 Å². The highest BCUT2D eigenvalue weighted by molar-refractivity contribution is 7.47. The SMILES string of the molecule is CCCCC/C=C\C/C=C\C/C=C\CCCCCCC(=O)OC[C@H](COP(=O)(O)OC1C(O)C(O)C(O)[C@@H](O)C1O)OC(=O)CCCCCC/C=C\C/C=C\C/C=C\CCCCC. The fourth-order valence-corrected chi connectivity index (χ4v) is 7.62. The number of esters is 2. The molecule has 0 amide bonds. The lowest BCUT2D eigenvalue weighted by Crippen LogP contribution is -2.64. The molecule has 0 aromatic carbocycles. The molecule has 14 heteroatoms. The Balaban J connectivity index is 2.49. The molecule has 1 rings (SSSR count). The summed E-state index contributed by atoms with van der Waals surface area (Å²) in [5.41, 5.74) is 0. The zero-order chi connectivity index (χ0) is 46.4. The van der Waals surface area contributed by atoms with Gasteiger partial charge in [0.25, 0.3) is 0 Å². The zero-order valence-corrected chi connectivity index (χ0v) is 39.2. The maximum absolute atomic E-state index is 12.8. The van der Waals surface area contributed by atoms with E-state index in [4.69, 9.17) is 18.5 Å². The van der Waals surface area contributed by atoms with E-state index in [2.05, 4.69) is 86.8 Å². The third-order valence-corrected chi connectivity index (χ3v) is 11.5. The molecule has 1 aliphatic carbocycles.